The van der Waals surface area contributed by atoms with Crippen LogP contribution < -0.4 is 20.3 Å². The van der Waals surface area contributed by atoms with Crippen LogP contribution in [0, 0.1) is 6.92 Å². The number of nitrogens with one attached hydrogen (secondary N) is 1. The molecule has 4 aromatic rings. The van der Waals surface area contributed by atoms with Crippen molar-refractivity contribution in [2.75, 3.05) is 25.3 Å². The number of rotatable bonds is 9. The highest BCUT2D eigenvalue weighted by atomic mass is 32.2. The normalized spacial score (nSPS) is 11.0. The van der Waals surface area contributed by atoms with E-state index in [2.05, 4.69) is 12.2 Å². The quantitative estimate of drug-likeness (QED) is 0.238. The summed E-state index contributed by atoms with van der Waals surface area (Å²) in [7, 11) is 3.19. The molecule has 35 heavy (non-hydrogen) atoms. The maximum Gasteiger partial charge on any atom is 0.267 e. The predicted molar refractivity (Wildman–Crippen MR) is 143 cm³/mol. The lowest BCUT2D eigenvalue weighted by Gasteiger charge is -2.13. The summed E-state index contributed by atoms with van der Waals surface area (Å²) in [5.41, 5.74) is 2.20. The molecule has 1 amide bonds. The number of thioether (sulfide) groups is 1. The molecule has 0 aliphatic rings. The molecule has 7 nitrogen and oxygen atoms in total. The summed E-state index contributed by atoms with van der Waals surface area (Å²) >= 11 is 2.79. The van der Waals surface area contributed by atoms with Crippen LogP contribution in [0.4, 0.5) is 5.69 Å². The van der Waals surface area contributed by atoms with Crippen molar-refractivity contribution in [2.45, 2.75) is 31.8 Å². The van der Waals surface area contributed by atoms with Crippen LogP contribution >= 0.6 is 23.1 Å². The molecule has 0 radical (unpaired) electrons. The number of hydrogen-bond donors (Lipinski definition) is 1. The van der Waals surface area contributed by atoms with Crippen LogP contribution in [0.1, 0.15) is 23.8 Å². The molecule has 2 aromatic heterocycles. The largest absolute Gasteiger partial charge is 0.497 e. The van der Waals surface area contributed by atoms with E-state index in [-0.39, 0.29) is 17.2 Å². The molecule has 0 fully saturated rings. The molecule has 0 aliphatic carbocycles. The number of benzene rings is 2. The fourth-order valence-corrected chi connectivity index (χ4v) is 5.87. The lowest BCUT2D eigenvalue weighted by Crippen LogP contribution is -2.22. The van der Waals surface area contributed by atoms with Crippen LogP contribution in [0.15, 0.2) is 58.5 Å². The molecule has 0 spiro atoms. The molecule has 0 saturated heterocycles. The summed E-state index contributed by atoms with van der Waals surface area (Å²) in [5, 5.41) is 3.99. The van der Waals surface area contributed by atoms with Gasteiger partial charge in [-0.1, -0.05) is 25.1 Å². The number of anilines is 1. The average Bonchev–Trinajstić information content (AvgIpc) is 3.18. The highest BCUT2D eigenvalue weighted by Crippen LogP contribution is 2.31. The Morgan fingerprint density at radius 2 is 1.69 bits per heavy atom. The van der Waals surface area contributed by atoms with Crippen molar-refractivity contribution in [1.82, 2.24) is 9.55 Å². The summed E-state index contributed by atoms with van der Waals surface area (Å²) in [6.45, 7) is 4.11. The van der Waals surface area contributed by atoms with E-state index in [1.807, 2.05) is 19.1 Å². The number of aromatic nitrogens is 2. The van der Waals surface area contributed by atoms with Crippen molar-refractivity contribution in [3.05, 3.63) is 69.3 Å². The fourth-order valence-electron chi connectivity index (χ4n) is 3.73. The number of nitrogens with zero attached hydrogens (tertiary/aromatic N) is 2. The van der Waals surface area contributed by atoms with Crippen LogP contribution in [-0.4, -0.2) is 35.4 Å². The van der Waals surface area contributed by atoms with Crippen LogP contribution in [-0.2, 0) is 11.2 Å². The summed E-state index contributed by atoms with van der Waals surface area (Å²) in [5.74, 6) is 1.32. The van der Waals surface area contributed by atoms with Crippen LogP contribution in [0.3, 0.4) is 0 Å². The zero-order valence-electron chi connectivity index (χ0n) is 20.1. The second-order valence-corrected chi connectivity index (χ2v) is 9.90. The van der Waals surface area contributed by atoms with Gasteiger partial charge in [-0.25, -0.2) is 4.98 Å². The molecule has 2 aromatic carbocycles. The molecule has 182 valence electrons. The van der Waals surface area contributed by atoms with Gasteiger partial charge in [0.15, 0.2) is 5.16 Å². The summed E-state index contributed by atoms with van der Waals surface area (Å²) in [6.07, 6.45) is 1.90. The van der Waals surface area contributed by atoms with Crippen molar-refractivity contribution in [3.63, 3.8) is 0 Å². The van der Waals surface area contributed by atoms with Crippen LogP contribution in [0.2, 0.25) is 0 Å². The Labute approximate surface area is 212 Å². The van der Waals surface area contributed by atoms with E-state index in [1.54, 1.807) is 66.5 Å². The van der Waals surface area contributed by atoms with E-state index in [9.17, 15) is 9.59 Å². The Kier molecular flexibility index (Phi) is 7.77. The standard InChI is InChI=1S/C26H27N3O4S2/c1-5-6-21-16(2)23-24(35-21)28-26(29(25(23)31)18-9-13-20(33-4)14-10-18)34-15-22(30)27-17-7-11-19(32-3)12-8-17/h7-14H,5-6,15H2,1-4H3,(H,27,30). The SMILES string of the molecule is CCCc1sc2nc(SCC(=O)Nc3ccc(OC)cc3)n(-c3ccc(OC)cc3)c(=O)c2c1C. The Morgan fingerprint density at radius 3 is 2.29 bits per heavy atom. The van der Waals surface area contributed by atoms with Gasteiger partial charge < -0.3 is 14.8 Å². The number of thiophene rings is 1. The van der Waals surface area contributed by atoms with E-state index in [0.29, 0.717) is 38.2 Å². The predicted octanol–water partition coefficient (Wildman–Crippen LogP) is 5.46. The highest BCUT2D eigenvalue weighted by molar-refractivity contribution is 7.99. The minimum Gasteiger partial charge on any atom is -0.497 e. The summed E-state index contributed by atoms with van der Waals surface area (Å²) in [6, 6.07) is 14.4. The number of methoxy groups -OCH3 is 2. The van der Waals surface area contributed by atoms with Crippen molar-refractivity contribution in [3.8, 4) is 17.2 Å². The molecule has 0 bridgehead atoms. The maximum absolute atomic E-state index is 13.7. The van der Waals surface area contributed by atoms with Gasteiger partial charge in [0.05, 0.1) is 31.0 Å². The Balaban J connectivity index is 1.68. The molecular formula is C26H27N3O4S2. The van der Waals surface area contributed by atoms with Gasteiger partial charge in [-0.05, 0) is 67.4 Å². The second kappa shape index (κ2) is 11.0. The van der Waals surface area contributed by atoms with Gasteiger partial charge in [-0.3, -0.25) is 14.2 Å². The Morgan fingerprint density at radius 1 is 1.06 bits per heavy atom. The third-order valence-corrected chi connectivity index (χ3v) is 7.73. The smallest absolute Gasteiger partial charge is 0.267 e. The van der Waals surface area contributed by atoms with Gasteiger partial charge in [-0.15, -0.1) is 11.3 Å². The summed E-state index contributed by atoms with van der Waals surface area (Å²) in [4.78, 5) is 33.1. The first-order chi connectivity index (χ1) is 16.9. The van der Waals surface area contributed by atoms with Gasteiger partial charge >= 0.3 is 0 Å². The van der Waals surface area contributed by atoms with Gasteiger partial charge in [0, 0.05) is 10.6 Å². The highest BCUT2D eigenvalue weighted by Gasteiger charge is 2.20. The minimum atomic E-state index is -0.190. The van der Waals surface area contributed by atoms with E-state index < -0.39 is 0 Å². The molecular weight excluding hydrogens is 482 g/mol. The number of fused-ring (bicyclic) bond motifs is 1. The monoisotopic (exact) mass is 509 g/mol. The molecule has 9 heteroatoms. The third kappa shape index (κ3) is 5.36. The average molecular weight is 510 g/mol. The van der Waals surface area contributed by atoms with Gasteiger partial charge in [-0.2, -0.15) is 0 Å². The Bertz CT molecular complexity index is 1390. The molecule has 0 unspecified atom stereocenters. The first-order valence-electron chi connectivity index (χ1n) is 11.2. The van der Waals surface area contributed by atoms with Crippen LogP contribution in [0.25, 0.3) is 15.9 Å². The molecule has 4 rings (SSSR count). The van der Waals surface area contributed by atoms with Crippen molar-refractivity contribution < 1.29 is 14.3 Å². The van der Waals surface area contributed by atoms with E-state index in [0.717, 1.165) is 18.4 Å². The van der Waals surface area contributed by atoms with Crippen LogP contribution in [0.5, 0.6) is 11.5 Å². The number of aryl methyl sites for hydroxylation is 2. The number of hydrogen-bond acceptors (Lipinski definition) is 7. The third-order valence-electron chi connectivity index (χ3n) is 5.55. The summed E-state index contributed by atoms with van der Waals surface area (Å²) < 4.78 is 12.0. The molecule has 1 N–H and O–H groups in total. The number of amides is 1. The molecule has 2 heterocycles. The molecule has 0 atom stereocenters. The maximum atomic E-state index is 13.7. The van der Waals surface area contributed by atoms with Crippen molar-refractivity contribution in [1.29, 1.82) is 0 Å². The van der Waals surface area contributed by atoms with E-state index >= 15 is 0 Å². The zero-order chi connectivity index (χ0) is 24.9. The van der Waals surface area contributed by atoms with Gasteiger partial charge in [0.1, 0.15) is 16.3 Å². The van der Waals surface area contributed by atoms with Crippen molar-refractivity contribution >= 4 is 44.9 Å². The zero-order valence-corrected chi connectivity index (χ0v) is 21.7. The van der Waals surface area contributed by atoms with Gasteiger partial charge in [0.25, 0.3) is 5.56 Å². The Hall–Kier alpha value is -3.30. The van der Waals surface area contributed by atoms with E-state index in [4.69, 9.17) is 14.5 Å². The van der Waals surface area contributed by atoms with Gasteiger partial charge in [0.2, 0.25) is 5.91 Å². The topological polar surface area (TPSA) is 82.4 Å². The fraction of sp³-hybridized carbons (Fsp3) is 0.269. The number of carbonyl (C=O) groups is 1. The van der Waals surface area contributed by atoms with E-state index in [1.165, 1.54) is 16.6 Å². The lowest BCUT2D eigenvalue weighted by molar-refractivity contribution is -0.113. The number of ether oxygens (including phenoxy) is 2. The minimum absolute atomic E-state index is 0.103. The number of carbonyl (C=O) groups excluding carboxylic acids is 1. The first-order valence-corrected chi connectivity index (χ1v) is 13.0. The lowest BCUT2D eigenvalue weighted by atomic mass is 10.1. The molecule has 0 saturated carbocycles. The van der Waals surface area contributed by atoms with Crippen molar-refractivity contribution in [2.24, 2.45) is 0 Å². The second-order valence-electron chi connectivity index (χ2n) is 7.88. The first kappa shape index (κ1) is 24.8. The molecule has 0 aliphatic heterocycles.